The van der Waals surface area contributed by atoms with Crippen molar-refractivity contribution in [3.05, 3.63) is 0 Å². The molecule has 4 nitrogen and oxygen atoms in total. The van der Waals surface area contributed by atoms with Gasteiger partial charge >= 0.3 is 0 Å². The summed E-state index contributed by atoms with van der Waals surface area (Å²) < 4.78 is 5.50. The van der Waals surface area contributed by atoms with Gasteiger partial charge in [-0.25, -0.2) is 0 Å². The van der Waals surface area contributed by atoms with Crippen molar-refractivity contribution in [1.82, 2.24) is 0 Å². The van der Waals surface area contributed by atoms with Crippen LogP contribution in [0.25, 0.3) is 0 Å². The number of carbonyl (C=O) groups excluding carboxylic acids is 1. The predicted octanol–water partition coefficient (Wildman–Crippen LogP) is 0.757. The third-order valence-corrected chi connectivity index (χ3v) is 2.74. The molecule has 72 valence electrons. The van der Waals surface area contributed by atoms with Crippen molar-refractivity contribution in [2.24, 2.45) is 11.1 Å². The van der Waals surface area contributed by atoms with Gasteiger partial charge in [0.25, 0.3) is 0 Å². The van der Waals surface area contributed by atoms with Gasteiger partial charge in [0.15, 0.2) is 11.4 Å². The lowest BCUT2D eigenvalue weighted by Crippen LogP contribution is -2.41. The summed E-state index contributed by atoms with van der Waals surface area (Å²) in [7, 11) is 0. The van der Waals surface area contributed by atoms with Gasteiger partial charge in [-0.1, -0.05) is 12.1 Å². The Morgan fingerprint density at radius 2 is 2.46 bits per heavy atom. The largest absolute Gasteiger partial charge is 0.395 e. The van der Waals surface area contributed by atoms with Crippen molar-refractivity contribution in [1.29, 1.82) is 0 Å². The van der Waals surface area contributed by atoms with Crippen molar-refractivity contribution >= 4 is 11.5 Å². The number of ketones is 1. The Kier molecular flexibility index (Phi) is 1.87. The van der Waals surface area contributed by atoms with E-state index in [2.05, 4.69) is 5.16 Å². The zero-order chi connectivity index (χ0) is 9.47. The lowest BCUT2D eigenvalue weighted by atomic mass is 9.89. The standard InChI is InChI=1S/C9H13NO3/c1-3-7(11)9(2)8-6(4-12-9)5-13-10-8/h6H,3-5H2,1-2H3/t6-,9-/m0/s1. The smallest absolute Gasteiger partial charge is 0.170 e. The highest BCUT2D eigenvalue weighted by atomic mass is 16.6. The molecule has 1 saturated heterocycles. The van der Waals surface area contributed by atoms with Crippen LogP contribution >= 0.6 is 0 Å². The molecular weight excluding hydrogens is 170 g/mol. The second-order valence-corrected chi connectivity index (χ2v) is 3.59. The third kappa shape index (κ3) is 1.09. The van der Waals surface area contributed by atoms with E-state index >= 15 is 0 Å². The van der Waals surface area contributed by atoms with E-state index in [0.29, 0.717) is 19.6 Å². The molecule has 0 aromatic carbocycles. The van der Waals surface area contributed by atoms with Crippen molar-refractivity contribution in [2.75, 3.05) is 13.2 Å². The van der Waals surface area contributed by atoms with E-state index in [-0.39, 0.29) is 11.7 Å². The zero-order valence-electron chi connectivity index (χ0n) is 7.87. The number of fused-ring (bicyclic) bond motifs is 1. The minimum atomic E-state index is -0.810. The summed E-state index contributed by atoms with van der Waals surface area (Å²) in [6.45, 7) is 4.73. The molecule has 0 unspecified atom stereocenters. The predicted molar refractivity (Wildman–Crippen MR) is 46.5 cm³/mol. The van der Waals surface area contributed by atoms with E-state index in [4.69, 9.17) is 9.57 Å². The monoisotopic (exact) mass is 183 g/mol. The highest BCUT2D eigenvalue weighted by Gasteiger charge is 2.50. The molecule has 2 aliphatic rings. The number of ether oxygens (including phenoxy) is 1. The summed E-state index contributed by atoms with van der Waals surface area (Å²) in [6.07, 6.45) is 0.474. The van der Waals surface area contributed by atoms with E-state index in [1.165, 1.54) is 0 Å². The van der Waals surface area contributed by atoms with E-state index in [0.717, 1.165) is 5.71 Å². The van der Waals surface area contributed by atoms with Crippen molar-refractivity contribution < 1.29 is 14.4 Å². The Bertz CT molecular complexity index is 274. The van der Waals surface area contributed by atoms with Crippen LogP contribution in [0.4, 0.5) is 0 Å². The van der Waals surface area contributed by atoms with Gasteiger partial charge in [0.1, 0.15) is 12.3 Å². The fourth-order valence-corrected chi connectivity index (χ4v) is 1.86. The molecule has 2 heterocycles. The van der Waals surface area contributed by atoms with Crippen LogP contribution in [0.15, 0.2) is 5.16 Å². The van der Waals surface area contributed by atoms with Crippen LogP contribution in [0.5, 0.6) is 0 Å². The van der Waals surface area contributed by atoms with E-state index in [1.807, 2.05) is 6.92 Å². The molecule has 0 saturated carbocycles. The summed E-state index contributed by atoms with van der Waals surface area (Å²) in [4.78, 5) is 16.6. The quantitative estimate of drug-likeness (QED) is 0.635. The van der Waals surface area contributed by atoms with E-state index < -0.39 is 5.60 Å². The second kappa shape index (κ2) is 2.80. The Labute approximate surface area is 76.9 Å². The summed E-state index contributed by atoms with van der Waals surface area (Å²) in [6, 6.07) is 0. The summed E-state index contributed by atoms with van der Waals surface area (Å²) in [5.74, 6) is 0.278. The topological polar surface area (TPSA) is 47.9 Å². The number of nitrogens with zero attached hydrogens (tertiary/aromatic N) is 1. The van der Waals surface area contributed by atoms with Crippen molar-refractivity contribution in [2.45, 2.75) is 25.9 Å². The third-order valence-electron chi connectivity index (χ3n) is 2.74. The average molecular weight is 183 g/mol. The van der Waals surface area contributed by atoms with Gasteiger partial charge in [-0.3, -0.25) is 4.79 Å². The molecule has 0 N–H and O–H groups in total. The van der Waals surface area contributed by atoms with Crippen LogP contribution < -0.4 is 0 Å². The maximum atomic E-state index is 11.6. The Morgan fingerprint density at radius 3 is 3.15 bits per heavy atom. The second-order valence-electron chi connectivity index (χ2n) is 3.59. The number of hydrogen-bond donors (Lipinski definition) is 0. The summed E-state index contributed by atoms with van der Waals surface area (Å²) in [5, 5.41) is 3.89. The van der Waals surface area contributed by atoms with Crippen molar-refractivity contribution in [3.63, 3.8) is 0 Å². The van der Waals surface area contributed by atoms with Gasteiger partial charge in [-0.2, -0.15) is 0 Å². The molecule has 0 bridgehead atoms. The highest BCUT2D eigenvalue weighted by Crippen LogP contribution is 2.32. The first-order valence-corrected chi connectivity index (χ1v) is 4.56. The Morgan fingerprint density at radius 1 is 1.69 bits per heavy atom. The van der Waals surface area contributed by atoms with Gasteiger partial charge in [0.2, 0.25) is 0 Å². The molecule has 2 aliphatic heterocycles. The summed E-state index contributed by atoms with van der Waals surface area (Å²) >= 11 is 0. The van der Waals surface area contributed by atoms with Gasteiger partial charge in [-0.05, 0) is 6.92 Å². The molecule has 0 amide bonds. The maximum absolute atomic E-state index is 11.6. The lowest BCUT2D eigenvalue weighted by molar-refractivity contribution is -0.132. The number of carbonyl (C=O) groups is 1. The lowest BCUT2D eigenvalue weighted by Gasteiger charge is -2.20. The normalized spacial score (nSPS) is 36.8. The Balaban J connectivity index is 2.28. The number of Topliss-reactive ketones (excluding diaryl/α,β-unsaturated/α-hetero) is 1. The molecule has 13 heavy (non-hydrogen) atoms. The molecule has 2 atom stereocenters. The van der Waals surface area contributed by atoms with E-state index in [9.17, 15) is 4.79 Å². The molecular formula is C9H13NO3. The maximum Gasteiger partial charge on any atom is 0.170 e. The van der Waals surface area contributed by atoms with E-state index in [1.54, 1.807) is 6.92 Å². The molecule has 0 aromatic rings. The average Bonchev–Trinajstić information content (AvgIpc) is 2.69. The van der Waals surface area contributed by atoms with Gasteiger partial charge < -0.3 is 9.57 Å². The molecule has 0 aromatic heterocycles. The van der Waals surface area contributed by atoms with Crippen LogP contribution in [-0.2, 0) is 14.4 Å². The van der Waals surface area contributed by atoms with Crippen LogP contribution in [0.3, 0.4) is 0 Å². The van der Waals surface area contributed by atoms with Crippen LogP contribution in [0.2, 0.25) is 0 Å². The number of hydrogen-bond acceptors (Lipinski definition) is 4. The highest BCUT2D eigenvalue weighted by molar-refractivity contribution is 6.14. The van der Waals surface area contributed by atoms with Crippen LogP contribution in [0, 0.1) is 5.92 Å². The minimum absolute atomic E-state index is 0.0826. The fraction of sp³-hybridized carbons (Fsp3) is 0.778. The zero-order valence-corrected chi connectivity index (χ0v) is 7.87. The van der Waals surface area contributed by atoms with Crippen LogP contribution in [0.1, 0.15) is 20.3 Å². The Hall–Kier alpha value is -0.900. The fourth-order valence-electron chi connectivity index (χ4n) is 1.86. The first-order chi connectivity index (χ1) is 6.18. The molecule has 0 aliphatic carbocycles. The minimum Gasteiger partial charge on any atom is -0.395 e. The molecule has 2 rings (SSSR count). The number of rotatable bonds is 2. The summed E-state index contributed by atoms with van der Waals surface area (Å²) in [5.41, 5.74) is -0.0324. The first-order valence-electron chi connectivity index (χ1n) is 4.56. The molecule has 1 fully saturated rings. The molecule has 0 spiro atoms. The van der Waals surface area contributed by atoms with Crippen molar-refractivity contribution in [3.8, 4) is 0 Å². The van der Waals surface area contributed by atoms with Gasteiger partial charge in [0, 0.05) is 6.42 Å². The molecule has 4 heteroatoms. The van der Waals surface area contributed by atoms with Crippen LogP contribution in [-0.4, -0.2) is 30.3 Å². The SMILES string of the molecule is CCC(=O)[C@]1(C)OC[C@H]2CON=C21. The van der Waals surface area contributed by atoms with Gasteiger partial charge in [-0.15, -0.1) is 0 Å². The molecule has 0 radical (unpaired) electrons. The number of oxime groups is 1. The first kappa shape index (κ1) is 8.69. The van der Waals surface area contributed by atoms with Gasteiger partial charge in [0.05, 0.1) is 12.5 Å².